The number of ether oxygens (including phenoxy) is 1. The number of aromatic nitrogens is 4. The smallest absolute Gasteiger partial charge is 0.182 e. The Morgan fingerprint density at radius 1 is 1.14 bits per heavy atom. The lowest BCUT2D eigenvalue weighted by molar-refractivity contribution is -0.423. The quantitative estimate of drug-likeness (QED) is 0.714. The topological polar surface area (TPSA) is 69.9 Å². The van der Waals surface area contributed by atoms with E-state index in [0.29, 0.717) is 12.2 Å². The van der Waals surface area contributed by atoms with Crippen LogP contribution in [0.25, 0.3) is 27.9 Å². The first-order valence-electron chi connectivity index (χ1n) is 9.73. The van der Waals surface area contributed by atoms with Gasteiger partial charge >= 0.3 is 0 Å². The molecule has 0 saturated carbocycles. The Kier molecular flexibility index (Phi) is 3.40. The van der Waals surface area contributed by atoms with Crippen molar-refractivity contribution < 1.29 is 9.31 Å². The Bertz CT molecular complexity index is 1130. The molecule has 7 heteroatoms. The van der Waals surface area contributed by atoms with E-state index < -0.39 is 0 Å². The van der Waals surface area contributed by atoms with E-state index in [-0.39, 0.29) is 0 Å². The molecule has 1 N–H and O–H groups in total. The van der Waals surface area contributed by atoms with E-state index in [1.807, 2.05) is 7.05 Å². The van der Waals surface area contributed by atoms with E-state index in [0.717, 1.165) is 54.0 Å². The van der Waals surface area contributed by atoms with Gasteiger partial charge in [-0.25, -0.2) is 14.5 Å². The van der Waals surface area contributed by atoms with Gasteiger partial charge < -0.3 is 9.64 Å². The third kappa shape index (κ3) is 2.54. The van der Waals surface area contributed by atoms with Crippen LogP contribution >= 0.6 is 0 Å². The van der Waals surface area contributed by atoms with Crippen molar-refractivity contribution in [2.24, 2.45) is 0 Å². The van der Waals surface area contributed by atoms with Gasteiger partial charge in [0.15, 0.2) is 12.4 Å². The molecule has 2 saturated heterocycles. The second-order valence-electron chi connectivity index (χ2n) is 7.84. The van der Waals surface area contributed by atoms with Crippen LogP contribution in [0.2, 0.25) is 0 Å². The summed E-state index contributed by atoms with van der Waals surface area (Å²) in [5, 5.41) is 8.77. The van der Waals surface area contributed by atoms with Crippen LogP contribution in [-0.4, -0.2) is 63.3 Å². The highest BCUT2D eigenvalue weighted by Crippen LogP contribution is 2.32. The average molecular weight is 373 g/mol. The van der Waals surface area contributed by atoms with Crippen LogP contribution in [0.15, 0.2) is 36.8 Å². The van der Waals surface area contributed by atoms with E-state index in [1.54, 1.807) is 6.33 Å². The van der Waals surface area contributed by atoms with Crippen LogP contribution < -0.4 is 4.90 Å². The van der Waals surface area contributed by atoms with Crippen molar-refractivity contribution in [1.29, 1.82) is 0 Å². The molecule has 2 atom stereocenters. The normalized spacial score (nSPS) is 23.5. The third-order valence-electron chi connectivity index (χ3n) is 5.84. The predicted molar refractivity (Wildman–Crippen MR) is 107 cm³/mol. The van der Waals surface area contributed by atoms with Crippen molar-refractivity contribution in [3.05, 3.63) is 42.4 Å². The van der Waals surface area contributed by atoms with Crippen LogP contribution in [0.4, 0.5) is 5.82 Å². The van der Waals surface area contributed by atoms with Crippen molar-refractivity contribution >= 4 is 28.5 Å². The molecule has 140 valence electrons. The number of anilines is 1. The molecule has 3 aliphatic rings. The SMILES string of the molecule is C[N+]1=CC(c2ccc3[nH]nc(-c4cc(N5CC6CCC(C5)O6)ncn4)c3c2)=C1. The molecule has 0 radical (unpaired) electrons. The van der Waals surface area contributed by atoms with E-state index in [2.05, 4.69) is 66.3 Å². The molecule has 2 fully saturated rings. The van der Waals surface area contributed by atoms with Gasteiger partial charge in [0, 0.05) is 24.5 Å². The average Bonchev–Trinajstić information content (AvgIpc) is 3.27. The summed E-state index contributed by atoms with van der Waals surface area (Å²) >= 11 is 0. The van der Waals surface area contributed by atoms with Crippen molar-refractivity contribution in [3.63, 3.8) is 0 Å². The highest BCUT2D eigenvalue weighted by Gasteiger charge is 2.34. The minimum Gasteiger partial charge on any atom is -0.371 e. The minimum absolute atomic E-state index is 0.330. The summed E-state index contributed by atoms with van der Waals surface area (Å²) in [5.41, 5.74) is 5.13. The summed E-state index contributed by atoms with van der Waals surface area (Å²) in [6.45, 7) is 1.80. The molecule has 2 unspecified atom stereocenters. The Morgan fingerprint density at radius 2 is 1.96 bits per heavy atom. The maximum Gasteiger partial charge on any atom is 0.182 e. The molecule has 3 aliphatic heterocycles. The van der Waals surface area contributed by atoms with Gasteiger partial charge in [-0.15, -0.1) is 0 Å². The van der Waals surface area contributed by atoms with E-state index in [4.69, 9.17) is 4.74 Å². The molecular formula is C21H21N6O+. The fourth-order valence-corrected chi connectivity index (χ4v) is 4.42. The molecule has 5 heterocycles. The molecule has 1 aromatic carbocycles. The van der Waals surface area contributed by atoms with Crippen LogP contribution in [0.5, 0.6) is 0 Å². The van der Waals surface area contributed by atoms with E-state index in [1.165, 1.54) is 11.1 Å². The van der Waals surface area contributed by atoms with E-state index >= 15 is 0 Å². The largest absolute Gasteiger partial charge is 0.371 e. The summed E-state index contributed by atoms with van der Waals surface area (Å²) in [6, 6.07) is 8.43. The van der Waals surface area contributed by atoms with Crippen LogP contribution in [-0.2, 0) is 4.74 Å². The van der Waals surface area contributed by atoms with Gasteiger partial charge in [0.2, 0.25) is 0 Å². The molecule has 6 rings (SSSR count). The molecule has 0 spiro atoms. The van der Waals surface area contributed by atoms with Gasteiger partial charge in [-0.05, 0) is 30.5 Å². The van der Waals surface area contributed by atoms with Crippen molar-refractivity contribution in [2.75, 3.05) is 25.0 Å². The second-order valence-corrected chi connectivity index (χ2v) is 7.84. The molecule has 2 aromatic heterocycles. The molecule has 0 aliphatic carbocycles. The van der Waals surface area contributed by atoms with Gasteiger partial charge in [-0.2, -0.15) is 5.10 Å². The highest BCUT2D eigenvalue weighted by atomic mass is 16.5. The zero-order chi connectivity index (χ0) is 18.7. The first kappa shape index (κ1) is 15.9. The zero-order valence-electron chi connectivity index (χ0n) is 15.7. The van der Waals surface area contributed by atoms with Crippen LogP contribution in [0, 0.1) is 0 Å². The lowest BCUT2D eigenvalue weighted by Gasteiger charge is -2.32. The van der Waals surface area contributed by atoms with Crippen molar-refractivity contribution in [3.8, 4) is 11.4 Å². The van der Waals surface area contributed by atoms with E-state index in [9.17, 15) is 0 Å². The van der Waals surface area contributed by atoms with Crippen molar-refractivity contribution in [2.45, 2.75) is 25.0 Å². The Morgan fingerprint density at radius 3 is 2.75 bits per heavy atom. The zero-order valence-corrected chi connectivity index (χ0v) is 15.7. The van der Waals surface area contributed by atoms with Crippen molar-refractivity contribution in [1.82, 2.24) is 20.2 Å². The minimum atomic E-state index is 0.330. The molecule has 0 amide bonds. The molecular weight excluding hydrogens is 352 g/mol. The van der Waals surface area contributed by atoms with Gasteiger partial charge in [0.1, 0.15) is 30.5 Å². The monoisotopic (exact) mass is 373 g/mol. The number of rotatable bonds is 3. The molecule has 28 heavy (non-hydrogen) atoms. The van der Waals surface area contributed by atoms with Gasteiger partial charge in [0.25, 0.3) is 0 Å². The molecule has 7 nitrogen and oxygen atoms in total. The number of morpholine rings is 1. The maximum atomic E-state index is 5.95. The number of hydrogen-bond donors (Lipinski definition) is 1. The number of H-pyrrole nitrogens is 1. The highest BCUT2D eigenvalue weighted by molar-refractivity contribution is 6.11. The number of hydrogen-bond acceptors (Lipinski definition) is 5. The number of nitrogens with one attached hydrogen (secondary N) is 1. The number of aromatic amines is 1. The van der Waals surface area contributed by atoms with Crippen LogP contribution in [0.1, 0.15) is 18.4 Å². The maximum absolute atomic E-state index is 5.95. The van der Waals surface area contributed by atoms with Gasteiger partial charge in [0.05, 0.1) is 23.4 Å². The Balaban J connectivity index is 1.37. The molecule has 3 aromatic rings. The predicted octanol–water partition coefficient (Wildman–Crippen LogP) is 2.46. The summed E-state index contributed by atoms with van der Waals surface area (Å²) in [4.78, 5) is 11.4. The number of allylic oxidation sites excluding steroid dienone is 1. The Labute approximate surface area is 162 Å². The standard InChI is InChI=1S/C21H21N6O/c1-26-8-14(9-26)13-2-5-18-17(6-13)21(25-24-18)19-7-20(23-12-22-19)27-10-15-3-4-16(11-27)28-15/h2,5-9,12,15-16H,3-4,10-11H2,1H3,(H,24,25)/q+1. The lowest BCUT2D eigenvalue weighted by atomic mass is 10.0. The fourth-order valence-electron chi connectivity index (χ4n) is 4.42. The van der Waals surface area contributed by atoms with Gasteiger partial charge in [-0.3, -0.25) is 5.10 Å². The second kappa shape index (κ2) is 5.97. The Hall–Kier alpha value is -3.06. The number of fused-ring (bicyclic) bond motifs is 3. The first-order valence-corrected chi connectivity index (χ1v) is 9.73. The number of benzene rings is 1. The third-order valence-corrected chi connectivity index (χ3v) is 5.84. The lowest BCUT2D eigenvalue weighted by Crippen LogP contribution is -2.43. The molecule has 2 bridgehead atoms. The number of nitrogens with zero attached hydrogens (tertiary/aromatic N) is 5. The summed E-state index contributed by atoms with van der Waals surface area (Å²) < 4.78 is 8.01. The first-order chi connectivity index (χ1) is 13.7. The fraction of sp³-hybridized carbons (Fsp3) is 0.333. The summed E-state index contributed by atoms with van der Waals surface area (Å²) in [7, 11) is 2.03. The van der Waals surface area contributed by atoms with Crippen LogP contribution in [0.3, 0.4) is 0 Å². The van der Waals surface area contributed by atoms with Gasteiger partial charge in [-0.1, -0.05) is 6.07 Å². The summed E-state index contributed by atoms with van der Waals surface area (Å²) in [5.74, 6) is 0.953. The summed E-state index contributed by atoms with van der Waals surface area (Å²) in [6.07, 6.45) is 8.84.